The Morgan fingerprint density at radius 3 is 1.83 bits per heavy atom. The monoisotopic (exact) mass is 274 g/mol. The van der Waals surface area contributed by atoms with E-state index >= 15 is 0 Å². The maximum atomic E-state index is 5.52. The van der Waals surface area contributed by atoms with Gasteiger partial charge in [-0.3, -0.25) is 0 Å². The molecule has 106 valence electrons. The molecule has 0 atom stereocenters. The first-order valence-corrected chi connectivity index (χ1v) is 8.63. The van der Waals surface area contributed by atoms with E-state index in [0.29, 0.717) is 0 Å². The summed E-state index contributed by atoms with van der Waals surface area (Å²) in [7, 11) is -0.966. The molecule has 4 heteroatoms. The standard InChI is InChI=1S/C14H27O3P/c1-2-3-4-5-6-7-8-9-10-14-11-15-18(16-12-14)17-13-14/h2-13H2,1H3. The molecule has 0 amide bonds. The summed E-state index contributed by atoms with van der Waals surface area (Å²) in [5.41, 5.74) is 0.180. The summed E-state index contributed by atoms with van der Waals surface area (Å²) in [6.45, 7) is 4.84. The van der Waals surface area contributed by atoms with Crippen LogP contribution in [0.25, 0.3) is 0 Å². The van der Waals surface area contributed by atoms with Crippen LogP contribution in [0.3, 0.4) is 0 Å². The lowest BCUT2D eigenvalue weighted by atomic mass is 9.85. The van der Waals surface area contributed by atoms with E-state index in [2.05, 4.69) is 6.92 Å². The van der Waals surface area contributed by atoms with Crippen molar-refractivity contribution in [2.45, 2.75) is 64.7 Å². The molecule has 0 unspecified atom stereocenters. The van der Waals surface area contributed by atoms with Crippen LogP contribution in [0.15, 0.2) is 0 Å². The highest BCUT2D eigenvalue weighted by Gasteiger charge is 2.43. The summed E-state index contributed by atoms with van der Waals surface area (Å²) >= 11 is 0. The van der Waals surface area contributed by atoms with Gasteiger partial charge in [-0.15, -0.1) is 0 Å². The second kappa shape index (κ2) is 7.79. The molecule has 0 radical (unpaired) electrons. The maximum Gasteiger partial charge on any atom is 0.332 e. The van der Waals surface area contributed by atoms with E-state index < -0.39 is 8.60 Å². The zero-order valence-corrected chi connectivity index (χ0v) is 12.6. The van der Waals surface area contributed by atoms with Crippen LogP contribution in [-0.4, -0.2) is 19.8 Å². The predicted molar refractivity (Wildman–Crippen MR) is 74.4 cm³/mol. The minimum absolute atomic E-state index is 0.180. The number of hydrogen-bond acceptors (Lipinski definition) is 3. The number of hydrogen-bond donors (Lipinski definition) is 0. The van der Waals surface area contributed by atoms with Crippen LogP contribution in [0.1, 0.15) is 64.7 Å². The summed E-state index contributed by atoms with van der Waals surface area (Å²) in [4.78, 5) is 0. The van der Waals surface area contributed by atoms with Crippen molar-refractivity contribution in [1.29, 1.82) is 0 Å². The number of rotatable bonds is 9. The summed E-state index contributed by atoms with van der Waals surface area (Å²) in [6, 6.07) is 0. The van der Waals surface area contributed by atoms with Gasteiger partial charge in [-0.1, -0.05) is 58.3 Å². The Bertz CT molecular complexity index is 213. The van der Waals surface area contributed by atoms with Crippen molar-refractivity contribution in [1.82, 2.24) is 0 Å². The lowest BCUT2D eigenvalue weighted by molar-refractivity contribution is -0.0778. The molecule has 3 fully saturated rings. The molecule has 2 bridgehead atoms. The molecule has 3 saturated heterocycles. The molecular weight excluding hydrogens is 247 g/mol. The Kier molecular flexibility index (Phi) is 6.37. The molecule has 3 aliphatic heterocycles. The van der Waals surface area contributed by atoms with Gasteiger partial charge in [-0.2, -0.15) is 0 Å². The first-order chi connectivity index (χ1) is 8.85. The van der Waals surface area contributed by atoms with Crippen LogP contribution < -0.4 is 0 Å². The molecule has 18 heavy (non-hydrogen) atoms. The summed E-state index contributed by atoms with van der Waals surface area (Å²) < 4.78 is 16.6. The quantitative estimate of drug-likeness (QED) is 0.446. The smallest absolute Gasteiger partial charge is 0.311 e. The second-order valence-electron chi connectivity index (χ2n) is 5.77. The SMILES string of the molecule is CCCCCCCCCCC12COP(OC1)OC2. The lowest BCUT2D eigenvalue weighted by Gasteiger charge is -2.44. The van der Waals surface area contributed by atoms with Crippen LogP contribution in [0.2, 0.25) is 0 Å². The van der Waals surface area contributed by atoms with Gasteiger partial charge in [0.05, 0.1) is 19.8 Å². The molecule has 0 saturated carbocycles. The molecule has 0 aliphatic carbocycles. The van der Waals surface area contributed by atoms with E-state index in [9.17, 15) is 0 Å². The highest BCUT2D eigenvalue weighted by molar-refractivity contribution is 7.41. The van der Waals surface area contributed by atoms with Gasteiger partial charge in [0.1, 0.15) is 0 Å². The molecular formula is C14H27O3P. The van der Waals surface area contributed by atoms with E-state index in [1.165, 1.54) is 57.8 Å². The molecule has 0 aromatic heterocycles. The molecule has 3 rings (SSSR count). The zero-order valence-electron chi connectivity index (χ0n) is 11.7. The van der Waals surface area contributed by atoms with E-state index in [1.807, 2.05) is 0 Å². The maximum absolute atomic E-state index is 5.52. The Labute approximate surface area is 113 Å². The zero-order chi connectivity index (χ0) is 12.7. The van der Waals surface area contributed by atoms with Crippen molar-refractivity contribution < 1.29 is 13.6 Å². The van der Waals surface area contributed by atoms with Crippen LogP contribution >= 0.6 is 8.60 Å². The van der Waals surface area contributed by atoms with Gasteiger partial charge >= 0.3 is 8.60 Å². The average molecular weight is 274 g/mol. The highest BCUT2D eigenvalue weighted by atomic mass is 31.2. The first-order valence-electron chi connectivity index (χ1n) is 7.54. The lowest BCUT2D eigenvalue weighted by Crippen LogP contribution is -2.43. The molecule has 0 aromatic carbocycles. The predicted octanol–water partition coefficient (Wildman–Crippen LogP) is 4.81. The molecule has 3 nitrogen and oxygen atoms in total. The second-order valence-corrected chi connectivity index (χ2v) is 6.99. The van der Waals surface area contributed by atoms with Crippen LogP contribution in [0.4, 0.5) is 0 Å². The van der Waals surface area contributed by atoms with Crippen LogP contribution in [-0.2, 0) is 13.6 Å². The summed E-state index contributed by atoms with van der Waals surface area (Å²) in [5, 5.41) is 0. The van der Waals surface area contributed by atoms with Crippen molar-refractivity contribution in [3.8, 4) is 0 Å². The molecule has 0 N–H and O–H groups in total. The van der Waals surface area contributed by atoms with Gasteiger partial charge in [-0.05, 0) is 6.42 Å². The topological polar surface area (TPSA) is 27.7 Å². The third-order valence-electron chi connectivity index (χ3n) is 3.99. The van der Waals surface area contributed by atoms with Crippen molar-refractivity contribution in [2.24, 2.45) is 5.41 Å². The first kappa shape index (κ1) is 14.7. The summed E-state index contributed by atoms with van der Waals surface area (Å²) in [5.74, 6) is 0. The fourth-order valence-corrected chi connectivity index (χ4v) is 4.02. The van der Waals surface area contributed by atoms with E-state index in [0.717, 1.165) is 19.8 Å². The van der Waals surface area contributed by atoms with Crippen LogP contribution in [0, 0.1) is 5.41 Å². The highest BCUT2D eigenvalue weighted by Crippen LogP contribution is 2.54. The van der Waals surface area contributed by atoms with Crippen molar-refractivity contribution in [3.63, 3.8) is 0 Å². The number of unbranched alkanes of at least 4 members (excludes halogenated alkanes) is 7. The third kappa shape index (κ3) is 4.45. The van der Waals surface area contributed by atoms with Crippen molar-refractivity contribution >= 4 is 8.60 Å². The Balaban J connectivity index is 1.48. The summed E-state index contributed by atoms with van der Waals surface area (Å²) in [6.07, 6.45) is 12.2. The Morgan fingerprint density at radius 2 is 1.28 bits per heavy atom. The van der Waals surface area contributed by atoms with Crippen LogP contribution in [0.5, 0.6) is 0 Å². The van der Waals surface area contributed by atoms with Crippen molar-refractivity contribution in [3.05, 3.63) is 0 Å². The molecule has 3 aliphatic rings. The average Bonchev–Trinajstić information content (AvgIpc) is 2.44. The van der Waals surface area contributed by atoms with Crippen molar-refractivity contribution in [2.75, 3.05) is 19.8 Å². The molecule has 3 heterocycles. The fraction of sp³-hybridized carbons (Fsp3) is 1.00. The van der Waals surface area contributed by atoms with Gasteiger partial charge in [0.25, 0.3) is 0 Å². The van der Waals surface area contributed by atoms with Gasteiger partial charge in [0.2, 0.25) is 0 Å². The fourth-order valence-electron chi connectivity index (χ4n) is 2.66. The normalized spacial score (nSPS) is 30.8. The largest absolute Gasteiger partial charge is 0.332 e. The van der Waals surface area contributed by atoms with E-state index in [4.69, 9.17) is 13.6 Å². The third-order valence-corrected chi connectivity index (χ3v) is 5.01. The van der Waals surface area contributed by atoms with Gasteiger partial charge in [0, 0.05) is 5.41 Å². The molecule has 0 spiro atoms. The molecule has 0 aromatic rings. The van der Waals surface area contributed by atoms with Gasteiger partial charge < -0.3 is 13.6 Å². The Morgan fingerprint density at radius 1 is 0.778 bits per heavy atom. The number of fused-ring (bicyclic) bond motifs is 3. The van der Waals surface area contributed by atoms with E-state index in [1.54, 1.807) is 0 Å². The van der Waals surface area contributed by atoms with Gasteiger partial charge in [0.15, 0.2) is 0 Å². The van der Waals surface area contributed by atoms with E-state index in [-0.39, 0.29) is 5.41 Å². The minimum atomic E-state index is -0.966. The minimum Gasteiger partial charge on any atom is -0.311 e. The van der Waals surface area contributed by atoms with Gasteiger partial charge in [-0.25, -0.2) is 0 Å². The Hall–Kier alpha value is 0.310.